The van der Waals surface area contributed by atoms with E-state index in [0.717, 1.165) is 0 Å². The number of nitrogens with zero attached hydrogens (tertiary/aromatic N) is 1. The van der Waals surface area contributed by atoms with Gasteiger partial charge in [0.2, 0.25) is 5.88 Å². The SMILES string of the molecule is CC1=C(C(=O)OC(C)(C)C)[C@H](c2ccccc2F)C(C#N)=C(N)O1. The van der Waals surface area contributed by atoms with Gasteiger partial charge in [-0.25, -0.2) is 9.18 Å². The zero-order valence-electron chi connectivity index (χ0n) is 14.0. The lowest BCUT2D eigenvalue weighted by molar-refractivity contribution is -0.150. The van der Waals surface area contributed by atoms with Gasteiger partial charge in [-0.05, 0) is 33.8 Å². The van der Waals surface area contributed by atoms with Crippen LogP contribution in [0.25, 0.3) is 0 Å². The molecule has 1 aromatic carbocycles. The van der Waals surface area contributed by atoms with Crippen LogP contribution in [0.15, 0.2) is 47.1 Å². The molecule has 0 amide bonds. The van der Waals surface area contributed by atoms with Gasteiger partial charge in [0.25, 0.3) is 0 Å². The number of hydrogen-bond donors (Lipinski definition) is 1. The molecule has 126 valence electrons. The highest BCUT2D eigenvalue weighted by molar-refractivity contribution is 5.92. The van der Waals surface area contributed by atoms with Crippen molar-refractivity contribution in [1.82, 2.24) is 0 Å². The van der Waals surface area contributed by atoms with E-state index in [1.165, 1.54) is 25.1 Å². The highest BCUT2D eigenvalue weighted by Crippen LogP contribution is 2.40. The standard InChI is InChI=1S/C18H19FN2O3/c1-10-14(17(22)24-18(2,3)4)15(12(9-20)16(21)23-10)11-7-5-6-8-13(11)19/h5-8,15H,21H2,1-4H3/t15-/m1/s1. The molecule has 0 saturated heterocycles. The van der Waals surface area contributed by atoms with Gasteiger partial charge in [-0.15, -0.1) is 0 Å². The first-order valence-corrected chi connectivity index (χ1v) is 7.42. The monoisotopic (exact) mass is 330 g/mol. The molecular formula is C18H19FN2O3. The second-order valence-corrected chi connectivity index (χ2v) is 6.42. The number of carbonyl (C=O) groups excluding carboxylic acids is 1. The molecule has 0 aliphatic carbocycles. The Balaban J connectivity index is 2.62. The molecule has 1 heterocycles. The lowest BCUT2D eigenvalue weighted by Gasteiger charge is -2.29. The second kappa shape index (κ2) is 6.36. The zero-order chi connectivity index (χ0) is 18.1. The Hall–Kier alpha value is -2.81. The molecule has 0 fully saturated rings. The van der Waals surface area contributed by atoms with Crippen LogP contribution in [0.1, 0.15) is 39.2 Å². The third-order valence-electron chi connectivity index (χ3n) is 3.44. The maximum atomic E-state index is 14.3. The number of allylic oxidation sites excluding steroid dienone is 2. The summed E-state index contributed by atoms with van der Waals surface area (Å²) in [4.78, 5) is 12.6. The first kappa shape index (κ1) is 17.5. The minimum Gasteiger partial charge on any atom is -0.456 e. The average Bonchev–Trinajstić information content (AvgIpc) is 2.45. The first-order valence-electron chi connectivity index (χ1n) is 7.42. The summed E-state index contributed by atoms with van der Waals surface area (Å²) in [6, 6.07) is 7.84. The summed E-state index contributed by atoms with van der Waals surface area (Å²) in [5.41, 5.74) is 5.24. The number of benzene rings is 1. The maximum Gasteiger partial charge on any atom is 0.338 e. The van der Waals surface area contributed by atoms with Crippen LogP contribution in [0.5, 0.6) is 0 Å². The van der Waals surface area contributed by atoms with Crippen molar-refractivity contribution in [2.24, 2.45) is 5.73 Å². The Morgan fingerprint density at radius 3 is 2.54 bits per heavy atom. The van der Waals surface area contributed by atoms with Crippen molar-refractivity contribution in [2.45, 2.75) is 39.2 Å². The quantitative estimate of drug-likeness (QED) is 0.841. The predicted octanol–water partition coefficient (Wildman–Crippen LogP) is 3.25. The highest BCUT2D eigenvalue weighted by Gasteiger charge is 2.38. The van der Waals surface area contributed by atoms with Crippen molar-refractivity contribution in [3.05, 3.63) is 58.4 Å². The van der Waals surface area contributed by atoms with Crippen LogP contribution in [0.3, 0.4) is 0 Å². The van der Waals surface area contributed by atoms with Crippen molar-refractivity contribution in [3.8, 4) is 6.07 Å². The van der Waals surface area contributed by atoms with Crippen molar-refractivity contribution < 1.29 is 18.7 Å². The van der Waals surface area contributed by atoms with Gasteiger partial charge in [-0.1, -0.05) is 18.2 Å². The number of nitriles is 1. The van der Waals surface area contributed by atoms with Gasteiger partial charge >= 0.3 is 5.97 Å². The van der Waals surface area contributed by atoms with Crippen LogP contribution in [0.2, 0.25) is 0 Å². The molecule has 6 heteroatoms. The Labute approximate surface area is 140 Å². The number of halogens is 1. The lowest BCUT2D eigenvalue weighted by Crippen LogP contribution is -2.30. The second-order valence-electron chi connectivity index (χ2n) is 6.42. The van der Waals surface area contributed by atoms with Crippen molar-refractivity contribution in [3.63, 3.8) is 0 Å². The van der Waals surface area contributed by atoms with Gasteiger partial charge in [-0.2, -0.15) is 5.26 Å². The summed E-state index contributed by atoms with van der Waals surface area (Å²) in [6.07, 6.45) is 0. The van der Waals surface area contributed by atoms with E-state index in [1.807, 2.05) is 6.07 Å². The van der Waals surface area contributed by atoms with Crippen LogP contribution >= 0.6 is 0 Å². The van der Waals surface area contributed by atoms with E-state index in [9.17, 15) is 14.4 Å². The minimum absolute atomic E-state index is 0.0217. The summed E-state index contributed by atoms with van der Waals surface area (Å²) in [7, 11) is 0. The van der Waals surface area contributed by atoms with Crippen molar-refractivity contribution in [2.75, 3.05) is 0 Å². The Bertz CT molecular complexity index is 782. The Kier molecular flexibility index (Phi) is 4.65. The molecule has 1 aliphatic rings. The van der Waals surface area contributed by atoms with Crippen LogP contribution < -0.4 is 5.73 Å². The summed E-state index contributed by atoms with van der Waals surface area (Å²) in [5.74, 6) is -2.14. The van der Waals surface area contributed by atoms with Gasteiger partial charge in [-0.3, -0.25) is 0 Å². The molecule has 5 nitrogen and oxygen atoms in total. The number of carbonyl (C=O) groups is 1. The van der Waals surface area contributed by atoms with E-state index in [-0.39, 0.29) is 28.4 Å². The fourth-order valence-electron chi connectivity index (χ4n) is 2.50. The van der Waals surface area contributed by atoms with E-state index >= 15 is 0 Å². The third kappa shape index (κ3) is 3.40. The normalized spacial score (nSPS) is 18.1. The topological polar surface area (TPSA) is 85.3 Å². The summed E-state index contributed by atoms with van der Waals surface area (Å²) < 4.78 is 25.0. The molecule has 0 spiro atoms. The van der Waals surface area contributed by atoms with E-state index < -0.39 is 23.3 Å². The van der Waals surface area contributed by atoms with Crippen LogP contribution in [0.4, 0.5) is 4.39 Å². The Morgan fingerprint density at radius 1 is 1.38 bits per heavy atom. The average molecular weight is 330 g/mol. The molecule has 0 radical (unpaired) electrons. The van der Waals surface area contributed by atoms with Crippen LogP contribution in [-0.4, -0.2) is 11.6 Å². The fraction of sp³-hybridized carbons (Fsp3) is 0.333. The summed E-state index contributed by atoms with van der Waals surface area (Å²) >= 11 is 0. The van der Waals surface area contributed by atoms with E-state index in [4.69, 9.17) is 15.2 Å². The molecule has 24 heavy (non-hydrogen) atoms. The van der Waals surface area contributed by atoms with Gasteiger partial charge < -0.3 is 15.2 Å². The smallest absolute Gasteiger partial charge is 0.338 e. The molecule has 1 aliphatic heterocycles. The van der Waals surface area contributed by atoms with Crippen LogP contribution in [0, 0.1) is 17.1 Å². The molecular weight excluding hydrogens is 311 g/mol. The molecule has 0 aromatic heterocycles. The van der Waals surface area contributed by atoms with E-state index in [2.05, 4.69) is 0 Å². The summed E-state index contributed by atoms with van der Waals surface area (Å²) in [6.45, 7) is 6.70. The molecule has 0 unspecified atom stereocenters. The molecule has 2 N–H and O–H groups in total. The highest BCUT2D eigenvalue weighted by atomic mass is 19.1. The number of rotatable bonds is 2. The molecule has 2 rings (SSSR count). The Morgan fingerprint density at radius 2 is 2.00 bits per heavy atom. The number of ether oxygens (including phenoxy) is 2. The predicted molar refractivity (Wildman–Crippen MR) is 85.6 cm³/mol. The maximum absolute atomic E-state index is 14.3. The fourth-order valence-corrected chi connectivity index (χ4v) is 2.50. The first-order chi connectivity index (χ1) is 11.2. The number of nitrogens with two attached hydrogens (primary N) is 1. The van der Waals surface area contributed by atoms with E-state index in [0.29, 0.717) is 0 Å². The van der Waals surface area contributed by atoms with Crippen molar-refractivity contribution >= 4 is 5.97 Å². The van der Waals surface area contributed by atoms with Gasteiger partial charge in [0.15, 0.2) is 0 Å². The minimum atomic E-state index is -0.972. The number of esters is 1. The molecule has 0 saturated carbocycles. The third-order valence-corrected chi connectivity index (χ3v) is 3.44. The largest absolute Gasteiger partial charge is 0.456 e. The van der Waals surface area contributed by atoms with Crippen molar-refractivity contribution in [1.29, 1.82) is 5.26 Å². The molecule has 1 aromatic rings. The van der Waals surface area contributed by atoms with Gasteiger partial charge in [0, 0.05) is 5.56 Å². The molecule has 0 bridgehead atoms. The zero-order valence-corrected chi connectivity index (χ0v) is 14.0. The number of hydrogen-bond acceptors (Lipinski definition) is 5. The summed E-state index contributed by atoms with van der Waals surface area (Å²) in [5, 5.41) is 9.44. The van der Waals surface area contributed by atoms with E-state index in [1.54, 1.807) is 26.8 Å². The van der Waals surface area contributed by atoms with Gasteiger partial charge in [0.1, 0.15) is 28.8 Å². The van der Waals surface area contributed by atoms with Gasteiger partial charge in [0.05, 0.1) is 11.5 Å². The van der Waals surface area contributed by atoms with Crippen LogP contribution in [-0.2, 0) is 14.3 Å². The lowest BCUT2D eigenvalue weighted by atomic mass is 9.83. The molecule has 1 atom stereocenters.